The van der Waals surface area contributed by atoms with Crippen LogP contribution in [0.3, 0.4) is 0 Å². The lowest BCUT2D eigenvalue weighted by Gasteiger charge is -2.19. The molecular weight excluding hydrogens is 573 g/mol. The first kappa shape index (κ1) is 31.5. The summed E-state index contributed by atoms with van der Waals surface area (Å²) in [4.78, 5) is 36.0. The summed E-state index contributed by atoms with van der Waals surface area (Å²) in [6.45, 7) is 1.63. The number of nitrogens with one attached hydrogen (secondary N) is 2. The van der Waals surface area contributed by atoms with Crippen LogP contribution in [0.4, 0.5) is 24.5 Å². The number of fused-ring (bicyclic) bond motifs is 1. The van der Waals surface area contributed by atoms with E-state index in [-0.39, 0.29) is 5.91 Å². The van der Waals surface area contributed by atoms with E-state index in [1.54, 1.807) is 18.2 Å². The van der Waals surface area contributed by atoms with Crippen LogP contribution in [0.1, 0.15) is 32.6 Å². The van der Waals surface area contributed by atoms with Crippen LogP contribution in [-0.2, 0) is 22.7 Å². The van der Waals surface area contributed by atoms with Gasteiger partial charge in [0.15, 0.2) is 0 Å². The second-order valence-electron chi connectivity index (χ2n) is 9.98. The molecule has 0 atom stereocenters. The molecule has 44 heavy (non-hydrogen) atoms. The number of hydrogen-bond donors (Lipinski definition) is 4. The average Bonchev–Trinajstić information content (AvgIpc) is 3.31. The summed E-state index contributed by atoms with van der Waals surface area (Å²) >= 11 is 0. The molecule has 0 radical (unpaired) electrons. The normalized spacial score (nSPS) is 13.3. The van der Waals surface area contributed by atoms with Crippen molar-refractivity contribution in [1.82, 2.24) is 4.90 Å². The highest BCUT2D eigenvalue weighted by Gasteiger charge is 2.38. The Morgan fingerprint density at radius 1 is 0.841 bits per heavy atom. The molecule has 11 heteroatoms. The van der Waals surface area contributed by atoms with Gasteiger partial charge in [0.05, 0.1) is 11.3 Å². The van der Waals surface area contributed by atoms with E-state index in [2.05, 4.69) is 59.0 Å². The summed E-state index contributed by atoms with van der Waals surface area (Å²) in [6.07, 6.45) is -5.08. The van der Waals surface area contributed by atoms with Crippen LogP contribution < -0.4 is 16.4 Å². The van der Waals surface area contributed by atoms with E-state index in [4.69, 9.17) is 15.6 Å². The molecule has 0 aliphatic carbocycles. The predicted molar refractivity (Wildman–Crippen MR) is 162 cm³/mol. The number of carboxylic acids is 1. The maximum atomic E-state index is 13.2. The van der Waals surface area contributed by atoms with Crippen molar-refractivity contribution < 1.29 is 32.7 Å². The first-order chi connectivity index (χ1) is 20.9. The highest BCUT2D eigenvalue weighted by molar-refractivity contribution is 6.37. The topological polar surface area (TPSA) is 125 Å². The maximum absolute atomic E-state index is 13.2. The molecule has 1 aliphatic heterocycles. The van der Waals surface area contributed by atoms with E-state index < -0.39 is 18.1 Å². The number of carbonyl (C=O) groups is 3. The average molecular weight is 603 g/mol. The van der Waals surface area contributed by atoms with E-state index >= 15 is 0 Å². The predicted octanol–water partition coefficient (Wildman–Crippen LogP) is 5.98. The van der Waals surface area contributed by atoms with Crippen LogP contribution in [0.2, 0.25) is 0 Å². The van der Waals surface area contributed by atoms with Crippen LogP contribution in [0.25, 0.3) is 11.3 Å². The third-order valence-electron chi connectivity index (χ3n) is 6.55. The van der Waals surface area contributed by atoms with Gasteiger partial charge >= 0.3 is 12.1 Å². The van der Waals surface area contributed by atoms with E-state index in [0.717, 1.165) is 35.5 Å². The molecule has 0 aromatic heterocycles. The highest BCUT2D eigenvalue weighted by Crippen LogP contribution is 2.38. The molecule has 4 aromatic rings. The zero-order chi connectivity index (χ0) is 31.9. The van der Waals surface area contributed by atoms with Crippen molar-refractivity contribution in [2.75, 3.05) is 17.7 Å². The van der Waals surface area contributed by atoms with Crippen LogP contribution >= 0.6 is 0 Å². The van der Waals surface area contributed by atoms with E-state index in [1.807, 2.05) is 48.5 Å². The Kier molecular flexibility index (Phi) is 9.81. The minimum Gasteiger partial charge on any atom is -0.475 e. The Morgan fingerprint density at radius 2 is 1.43 bits per heavy atom. The van der Waals surface area contributed by atoms with Crippen molar-refractivity contribution in [2.45, 2.75) is 19.3 Å². The molecule has 1 aliphatic rings. The van der Waals surface area contributed by atoms with Gasteiger partial charge < -0.3 is 21.5 Å². The molecule has 0 spiro atoms. The lowest BCUT2D eigenvalue weighted by atomic mass is 9.99. The van der Waals surface area contributed by atoms with Gasteiger partial charge in [-0.1, -0.05) is 78.9 Å². The largest absolute Gasteiger partial charge is 0.490 e. The van der Waals surface area contributed by atoms with Crippen molar-refractivity contribution >= 4 is 40.4 Å². The molecular formula is C33H29F3N4O4. The van der Waals surface area contributed by atoms with E-state index in [1.165, 1.54) is 5.56 Å². The number of hydrogen-bond acceptors (Lipinski definition) is 5. The summed E-state index contributed by atoms with van der Waals surface area (Å²) in [7, 11) is 2.10. The fourth-order valence-electron chi connectivity index (χ4n) is 4.61. The second kappa shape index (κ2) is 13.7. The molecule has 226 valence electrons. The Balaban J connectivity index is 0.000000566. The fourth-order valence-corrected chi connectivity index (χ4v) is 4.61. The minimum absolute atomic E-state index is 0.235. The summed E-state index contributed by atoms with van der Waals surface area (Å²) in [5.74, 6) is -3.53. The van der Waals surface area contributed by atoms with Gasteiger partial charge in [-0.3, -0.25) is 14.5 Å². The number of aliphatic carboxylic acids is 1. The maximum Gasteiger partial charge on any atom is 0.490 e. The van der Waals surface area contributed by atoms with E-state index in [0.29, 0.717) is 22.5 Å². The van der Waals surface area contributed by atoms with Gasteiger partial charge in [0, 0.05) is 35.6 Å². The minimum atomic E-state index is -5.08. The molecule has 0 saturated carbocycles. The Hall–Kier alpha value is -5.42. The smallest absolute Gasteiger partial charge is 0.475 e. The monoisotopic (exact) mass is 602 g/mol. The highest BCUT2D eigenvalue weighted by atomic mass is 19.4. The molecule has 8 nitrogen and oxygen atoms in total. The van der Waals surface area contributed by atoms with Gasteiger partial charge in [0.1, 0.15) is 0 Å². The van der Waals surface area contributed by atoms with Crippen LogP contribution in [-0.4, -0.2) is 41.0 Å². The zero-order valence-corrected chi connectivity index (χ0v) is 23.6. The first-order valence-electron chi connectivity index (χ1n) is 13.4. The van der Waals surface area contributed by atoms with Gasteiger partial charge in [0.25, 0.3) is 5.91 Å². The van der Waals surface area contributed by atoms with Crippen molar-refractivity contribution in [3.63, 3.8) is 0 Å². The molecule has 2 amide bonds. The number of benzene rings is 4. The number of alkyl halides is 3. The first-order valence-corrected chi connectivity index (χ1v) is 13.4. The zero-order valence-electron chi connectivity index (χ0n) is 23.6. The van der Waals surface area contributed by atoms with Crippen molar-refractivity contribution in [3.05, 3.63) is 131 Å². The number of nitrogens with two attached hydrogens (primary N) is 1. The number of anilines is 2. The fraction of sp³-hybridized carbons (Fsp3) is 0.121. The molecule has 0 saturated heterocycles. The number of nitrogens with zero attached hydrogens (tertiary/aromatic N) is 1. The number of halogens is 3. The SMILES string of the molecule is CN(Cc1ccccc1)Cc1cccc(NC(=C2C(=O)Nc3cc(C(N)=O)ccc32)c2ccccc2)c1.O=C(O)C(F)(F)F. The Labute approximate surface area is 251 Å². The molecule has 0 fully saturated rings. The van der Waals surface area contributed by atoms with Crippen molar-refractivity contribution in [3.8, 4) is 0 Å². The number of carbonyl (C=O) groups excluding carboxylic acids is 2. The number of amides is 2. The lowest BCUT2D eigenvalue weighted by molar-refractivity contribution is -0.192. The standard InChI is InChI=1S/C31H28N4O2.C2HF3O2/c1-35(19-21-9-4-2-5-10-21)20-22-11-8-14-25(17-22)33-29(23-12-6-3-7-13-23)28-26-16-15-24(30(32)36)18-27(26)34-31(28)37;3-2(4,5)1(6)7/h2-18,33H,19-20H2,1H3,(H2,32,36)(H,34,37);(H,6,7). The van der Waals surface area contributed by atoms with Crippen molar-refractivity contribution in [2.24, 2.45) is 5.73 Å². The summed E-state index contributed by atoms with van der Waals surface area (Å²) in [6, 6.07) is 33.4. The number of primary amides is 1. The Morgan fingerprint density at radius 3 is 2.05 bits per heavy atom. The molecule has 5 N–H and O–H groups in total. The van der Waals surface area contributed by atoms with Crippen molar-refractivity contribution in [1.29, 1.82) is 0 Å². The van der Waals surface area contributed by atoms with E-state index in [9.17, 15) is 22.8 Å². The van der Waals surface area contributed by atoms with Gasteiger partial charge in [-0.2, -0.15) is 13.2 Å². The molecule has 5 rings (SSSR count). The third-order valence-corrected chi connectivity index (χ3v) is 6.55. The molecule has 1 heterocycles. The number of carboxylic acid groups (broad SMARTS) is 1. The van der Waals surface area contributed by atoms with Crippen LogP contribution in [0, 0.1) is 0 Å². The molecule has 0 bridgehead atoms. The lowest BCUT2D eigenvalue weighted by Crippen LogP contribution is -2.21. The van der Waals surface area contributed by atoms with Gasteiger partial charge in [-0.25, -0.2) is 4.79 Å². The van der Waals surface area contributed by atoms with Gasteiger partial charge in [0.2, 0.25) is 5.91 Å². The molecule has 4 aromatic carbocycles. The van der Waals surface area contributed by atoms with Crippen LogP contribution in [0.5, 0.6) is 0 Å². The number of rotatable bonds is 8. The van der Waals surface area contributed by atoms with Crippen LogP contribution in [0.15, 0.2) is 103 Å². The van der Waals surface area contributed by atoms with Gasteiger partial charge in [-0.15, -0.1) is 0 Å². The Bertz CT molecular complexity index is 1690. The van der Waals surface area contributed by atoms with Gasteiger partial charge in [-0.05, 0) is 48.0 Å². The summed E-state index contributed by atoms with van der Waals surface area (Å²) in [5.41, 5.74) is 12.5. The third kappa shape index (κ3) is 8.11. The summed E-state index contributed by atoms with van der Waals surface area (Å²) < 4.78 is 31.7. The quantitative estimate of drug-likeness (QED) is 0.184. The summed E-state index contributed by atoms with van der Waals surface area (Å²) in [5, 5.41) is 13.5. The second-order valence-corrected chi connectivity index (χ2v) is 9.98. The molecule has 0 unspecified atom stereocenters.